The summed E-state index contributed by atoms with van der Waals surface area (Å²) in [6.45, 7) is 2.09. The maximum absolute atomic E-state index is 5.83. The molecule has 0 saturated carbocycles. The molecule has 3 rings (SSSR count). The van der Waals surface area contributed by atoms with Crippen LogP contribution in [0.4, 0.5) is 0 Å². The summed E-state index contributed by atoms with van der Waals surface area (Å²) in [5, 5.41) is -0.458. The lowest BCUT2D eigenvalue weighted by atomic mass is 10.2. The maximum Gasteiger partial charge on any atom is 0.247 e. The minimum atomic E-state index is -0.674. The summed E-state index contributed by atoms with van der Waals surface area (Å²) in [4.78, 5) is 0. The number of hydrogen-bond donors (Lipinski definition) is 3. The lowest BCUT2D eigenvalue weighted by Crippen LogP contribution is -2.35. The van der Waals surface area contributed by atoms with Crippen LogP contribution in [0.25, 0.3) is 0 Å². The molecule has 2 aliphatic rings. The molecule has 1 unspecified atom stereocenters. The quantitative estimate of drug-likeness (QED) is 0.730. The standard InChI is InChI=1S/C11H15N3O2S/c1-2-4-9(5-3-1)11(15-6-7-16-11)17-10-8-12-14-13-10/h1-5,10,12-14H,6-8H2. The number of rotatable bonds is 3. The van der Waals surface area contributed by atoms with Crippen molar-refractivity contribution >= 4 is 11.8 Å². The van der Waals surface area contributed by atoms with Crippen LogP contribution in [0.5, 0.6) is 0 Å². The van der Waals surface area contributed by atoms with Crippen LogP contribution in [0.1, 0.15) is 5.56 Å². The number of hydrazine groups is 2. The highest BCUT2D eigenvalue weighted by Gasteiger charge is 2.42. The van der Waals surface area contributed by atoms with E-state index < -0.39 is 5.12 Å². The first-order valence-electron chi connectivity index (χ1n) is 5.64. The first kappa shape index (κ1) is 11.5. The third kappa shape index (κ3) is 2.33. The highest BCUT2D eigenvalue weighted by Crippen LogP contribution is 2.43. The Morgan fingerprint density at radius 1 is 1.18 bits per heavy atom. The van der Waals surface area contributed by atoms with Gasteiger partial charge < -0.3 is 9.47 Å². The van der Waals surface area contributed by atoms with Gasteiger partial charge in [0, 0.05) is 12.1 Å². The molecule has 1 aromatic carbocycles. The average Bonchev–Trinajstić information content (AvgIpc) is 3.03. The van der Waals surface area contributed by atoms with Crippen molar-refractivity contribution in [1.29, 1.82) is 0 Å². The minimum absolute atomic E-state index is 0.216. The van der Waals surface area contributed by atoms with E-state index in [4.69, 9.17) is 9.47 Å². The van der Waals surface area contributed by atoms with Crippen LogP contribution >= 0.6 is 11.8 Å². The van der Waals surface area contributed by atoms with Gasteiger partial charge in [-0.15, -0.1) is 0 Å². The summed E-state index contributed by atoms with van der Waals surface area (Å²) >= 11 is 1.63. The molecular weight excluding hydrogens is 238 g/mol. The van der Waals surface area contributed by atoms with Crippen LogP contribution in [0.2, 0.25) is 0 Å². The Balaban J connectivity index is 1.82. The zero-order valence-corrected chi connectivity index (χ0v) is 10.1. The summed E-state index contributed by atoms with van der Waals surface area (Å²) in [7, 11) is 0. The molecule has 6 heteroatoms. The summed E-state index contributed by atoms with van der Waals surface area (Å²) < 4.78 is 11.7. The first-order chi connectivity index (χ1) is 8.39. The van der Waals surface area contributed by atoms with Crippen molar-refractivity contribution in [2.24, 2.45) is 0 Å². The van der Waals surface area contributed by atoms with E-state index in [9.17, 15) is 0 Å². The Hall–Kier alpha value is -0.630. The third-order valence-corrected chi connectivity index (χ3v) is 4.05. The van der Waals surface area contributed by atoms with Gasteiger partial charge in [-0.25, -0.2) is 10.9 Å². The van der Waals surface area contributed by atoms with Crippen molar-refractivity contribution < 1.29 is 9.47 Å². The fourth-order valence-electron chi connectivity index (χ4n) is 1.92. The minimum Gasteiger partial charge on any atom is -0.335 e. The number of thioether (sulfide) groups is 1. The molecule has 0 amide bonds. The maximum atomic E-state index is 5.83. The molecule has 2 saturated heterocycles. The fraction of sp³-hybridized carbons (Fsp3) is 0.455. The first-order valence-corrected chi connectivity index (χ1v) is 6.52. The molecule has 2 aliphatic heterocycles. The van der Waals surface area contributed by atoms with Gasteiger partial charge in [-0.3, -0.25) is 0 Å². The van der Waals surface area contributed by atoms with Gasteiger partial charge in [0.25, 0.3) is 0 Å². The summed E-state index contributed by atoms with van der Waals surface area (Å²) in [5.41, 5.74) is 10.1. The van der Waals surface area contributed by atoms with E-state index in [1.807, 2.05) is 30.3 Å². The van der Waals surface area contributed by atoms with Gasteiger partial charge in [-0.2, -0.15) is 5.53 Å². The Bertz CT molecular complexity index is 364. The van der Waals surface area contributed by atoms with E-state index in [-0.39, 0.29) is 5.37 Å². The predicted molar refractivity (Wildman–Crippen MR) is 65.7 cm³/mol. The lowest BCUT2D eigenvalue weighted by molar-refractivity contribution is -0.0820. The number of nitrogens with one attached hydrogen (secondary N) is 3. The molecule has 1 aromatic rings. The van der Waals surface area contributed by atoms with Crippen molar-refractivity contribution in [2.45, 2.75) is 10.5 Å². The van der Waals surface area contributed by atoms with Gasteiger partial charge in [0.15, 0.2) is 0 Å². The van der Waals surface area contributed by atoms with E-state index in [0.717, 1.165) is 12.1 Å². The molecule has 0 spiro atoms. The largest absolute Gasteiger partial charge is 0.335 e. The second kappa shape index (κ2) is 4.93. The molecule has 5 nitrogen and oxygen atoms in total. The molecule has 1 atom stereocenters. The van der Waals surface area contributed by atoms with Crippen LogP contribution in [-0.2, 0) is 14.6 Å². The zero-order valence-electron chi connectivity index (χ0n) is 9.31. The van der Waals surface area contributed by atoms with Gasteiger partial charge in [0.1, 0.15) is 0 Å². The van der Waals surface area contributed by atoms with E-state index in [2.05, 4.69) is 16.4 Å². The normalized spacial score (nSPS) is 27.4. The smallest absolute Gasteiger partial charge is 0.247 e. The van der Waals surface area contributed by atoms with Gasteiger partial charge in [-0.05, 0) is 0 Å². The molecule has 0 radical (unpaired) electrons. The predicted octanol–water partition coefficient (Wildman–Crippen LogP) is 0.515. The van der Waals surface area contributed by atoms with Gasteiger partial charge in [-0.1, -0.05) is 42.1 Å². The summed E-state index contributed by atoms with van der Waals surface area (Å²) in [5.74, 6) is 0. The second-order valence-corrected chi connectivity index (χ2v) is 5.22. The SMILES string of the molecule is c1ccc(C2(SC3CNNN3)OCCO2)cc1. The van der Waals surface area contributed by atoms with Crippen LogP contribution in [0.3, 0.4) is 0 Å². The van der Waals surface area contributed by atoms with Gasteiger partial charge >= 0.3 is 0 Å². The molecular formula is C11H15N3O2S. The zero-order chi connectivity index (χ0) is 11.6. The van der Waals surface area contributed by atoms with Crippen molar-refractivity contribution in [3.63, 3.8) is 0 Å². The monoisotopic (exact) mass is 253 g/mol. The van der Waals surface area contributed by atoms with E-state index in [1.54, 1.807) is 11.8 Å². The lowest BCUT2D eigenvalue weighted by Gasteiger charge is -2.29. The molecule has 0 aromatic heterocycles. The topological polar surface area (TPSA) is 54.5 Å². The Kier molecular flexibility index (Phi) is 3.32. The van der Waals surface area contributed by atoms with E-state index >= 15 is 0 Å². The third-order valence-electron chi connectivity index (χ3n) is 2.70. The van der Waals surface area contributed by atoms with Crippen molar-refractivity contribution in [2.75, 3.05) is 19.8 Å². The van der Waals surface area contributed by atoms with Gasteiger partial charge in [0.05, 0.1) is 18.6 Å². The number of hydrogen-bond acceptors (Lipinski definition) is 6. The molecule has 2 heterocycles. The molecule has 3 N–H and O–H groups in total. The highest BCUT2D eigenvalue weighted by molar-refractivity contribution is 8.00. The van der Waals surface area contributed by atoms with Crippen LogP contribution in [-0.4, -0.2) is 25.1 Å². The Labute approximate surface area is 104 Å². The highest BCUT2D eigenvalue weighted by atomic mass is 32.2. The molecule has 92 valence electrons. The fourth-order valence-corrected chi connectivity index (χ4v) is 3.16. The van der Waals surface area contributed by atoms with E-state index in [0.29, 0.717) is 13.2 Å². The Morgan fingerprint density at radius 3 is 2.59 bits per heavy atom. The molecule has 0 aliphatic carbocycles. The number of ether oxygens (including phenoxy) is 2. The van der Waals surface area contributed by atoms with Crippen LogP contribution in [0.15, 0.2) is 30.3 Å². The Morgan fingerprint density at radius 2 is 1.94 bits per heavy atom. The second-order valence-electron chi connectivity index (χ2n) is 3.88. The summed E-state index contributed by atoms with van der Waals surface area (Å²) in [6.07, 6.45) is 0. The van der Waals surface area contributed by atoms with Crippen LogP contribution in [0, 0.1) is 0 Å². The van der Waals surface area contributed by atoms with Crippen LogP contribution < -0.4 is 16.4 Å². The molecule has 2 fully saturated rings. The van der Waals surface area contributed by atoms with Crippen molar-refractivity contribution in [3.05, 3.63) is 35.9 Å². The number of benzene rings is 1. The average molecular weight is 253 g/mol. The van der Waals surface area contributed by atoms with Crippen molar-refractivity contribution in [3.8, 4) is 0 Å². The van der Waals surface area contributed by atoms with E-state index in [1.165, 1.54) is 0 Å². The summed E-state index contributed by atoms with van der Waals surface area (Å²) in [6, 6.07) is 10.1. The van der Waals surface area contributed by atoms with Gasteiger partial charge in [0.2, 0.25) is 5.12 Å². The van der Waals surface area contributed by atoms with Crippen molar-refractivity contribution in [1.82, 2.24) is 16.4 Å². The molecule has 0 bridgehead atoms. The molecule has 17 heavy (non-hydrogen) atoms.